The zero-order chi connectivity index (χ0) is 27.7. The number of nitrogens with one attached hydrogen (secondary N) is 1. The van der Waals surface area contributed by atoms with E-state index in [-0.39, 0.29) is 27.9 Å². The van der Waals surface area contributed by atoms with Crippen molar-refractivity contribution in [2.24, 2.45) is 0 Å². The monoisotopic (exact) mass is 546 g/mol. The summed E-state index contributed by atoms with van der Waals surface area (Å²) < 4.78 is 63.0. The standard InChI is InChI=1S/C27H31FN2O7S/c1-34-21-11-13-24(35-2)23(16-21)30(38(32,33)22-12-14-25(36-3)26(17-22)37-4)18-27(31)29-15-5-6-19-7-9-20(28)10-8-19/h7-14,16-17H,5-6,15,18H2,1-4H3,(H,29,31). The first-order valence-corrected chi connectivity index (χ1v) is 13.2. The zero-order valence-electron chi connectivity index (χ0n) is 21.7. The lowest BCUT2D eigenvalue weighted by Crippen LogP contribution is -2.41. The topological polar surface area (TPSA) is 103 Å². The number of nitrogens with zero attached hydrogens (tertiary/aromatic N) is 1. The fourth-order valence-electron chi connectivity index (χ4n) is 3.75. The van der Waals surface area contributed by atoms with Crippen molar-refractivity contribution in [3.05, 3.63) is 72.0 Å². The van der Waals surface area contributed by atoms with E-state index in [1.54, 1.807) is 24.3 Å². The van der Waals surface area contributed by atoms with Crippen molar-refractivity contribution in [2.45, 2.75) is 17.7 Å². The molecule has 0 saturated carbocycles. The van der Waals surface area contributed by atoms with Crippen LogP contribution in [0.4, 0.5) is 10.1 Å². The fourth-order valence-corrected chi connectivity index (χ4v) is 5.19. The van der Waals surface area contributed by atoms with Gasteiger partial charge in [-0.05, 0) is 54.8 Å². The highest BCUT2D eigenvalue weighted by Gasteiger charge is 2.31. The summed E-state index contributed by atoms with van der Waals surface area (Å²) in [6, 6.07) is 15.0. The number of carbonyl (C=O) groups excluding carboxylic acids is 1. The summed E-state index contributed by atoms with van der Waals surface area (Å²) in [4.78, 5) is 12.8. The molecule has 38 heavy (non-hydrogen) atoms. The minimum atomic E-state index is -4.28. The number of carbonyl (C=O) groups is 1. The highest BCUT2D eigenvalue weighted by atomic mass is 32.2. The number of hydrogen-bond donors (Lipinski definition) is 1. The minimum Gasteiger partial charge on any atom is -0.497 e. The number of ether oxygens (including phenoxy) is 4. The van der Waals surface area contributed by atoms with Gasteiger partial charge in [0.2, 0.25) is 5.91 Å². The molecule has 0 saturated heterocycles. The summed E-state index contributed by atoms with van der Waals surface area (Å²) in [5.74, 6) is 0.364. The van der Waals surface area contributed by atoms with E-state index >= 15 is 0 Å². The summed E-state index contributed by atoms with van der Waals surface area (Å²) in [5.41, 5.74) is 1.06. The second-order valence-electron chi connectivity index (χ2n) is 8.15. The number of benzene rings is 3. The molecule has 0 atom stereocenters. The van der Waals surface area contributed by atoms with Crippen molar-refractivity contribution in [1.29, 1.82) is 0 Å². The van der Waals surface area contributed by atoms with Gasteiger partial charge in [-0.1, -0.05) is 12.1 Å². The second kappa shape index (κ2) is 13.0. The Kier molecular flexibility index (Phi) is 9.78. The molecule has 1 N–H and O–H groups in total. The summed E-state index contributed by atoms with van der Waals surface area (Å²) in [7, 11) is 1.42. The Morgan fingerprint density at radius 2 is 1.50 bits per heavy atom. The summed E-state index contributed by atoms with van der Waals surface area (Å²) in [6.45, 7) is -0.216. The number of halogens is 1. The van der Waals surface area contributed by atoms with E-state index in [4.69, 9.17) is 18.9 Å². The smallest absolute Gasteiger partial charge is 0.265 e. The number of anilines is 1. The molecule has 9 nitrogen and oxygen atoms in total. The van der Waals surface area contributed by atoms with Crippen molar-refractivity contribution >= 4 is 21.6 Å². The van der Waals surface area contributed by atoms with E-state index in [9.17, 15) is 17.6 Å². The lowest BCUT2D eigenvalue weighted by molar-refractivity contribution is -0.119. The third-order valence-electron chi connectivity index (χ3n) is 5.76. The molecule has 0 aromatic heterocycles. The average Bonchev–Trinajstić information content (AvgIpc) is 2.94. The van der Waals surface area contributed by atoms with Crippen LogP contribution in [0, 0.1) is 5.82 Å². The van der Waals surface area contributed by atoms with Crippen LogP contribution in [0.1, 0.15) is 12.0 Å². The first-order valence-electron chi connectivity index (χ1n) is 11.7. The Bertz CT molecular complexity index is 1350. The van der Waals surface area contributed by atoms with Gasteiger partial charge in [0.25, 0.3) is 10.0 Å². The molecule has 1 amide bonds. The molecule has 0 spiro atoms. The van der Waals surface area contributed by atoms with Crippen molar-refractivity contribution < 1.29 is 36.6 Å². The van der Waals surface area contributed by atoms with E-state index in [0.717, 1.165) is 9.87 Å². The molecule has 0 unspecified atom stereocenters. The number of hydrogen-bond acceptors (Lipinski definition) is 7. The quantitative estimate of drug-likeness (QED) is 0.325. The normalized spacial score (nSPS) is 11.0. The first kappa shape index (κ1) is 28.6. The molecule has 0 aliphatic carbocycles. The number of amides is 1. The van der Waals surface area contributed by atoms with Crippen molar-refractivity contribution in [2.75, 3.05) is 45.8 Å². The largest absolute Gasteiger partial charge is 0.497 e. The molecular formula is C27H31FN2O7S. The van der Waals surface area contributed by atoms with Crippen molar-refractivity contribution in [1.82, 2.24) is 5.32 Å². The average molecular weight is 547 g/mol. The molecular weight excluding hydrogens is 515 g/mol. The maximum Gasteiger partial charge on any atom is 0.265 e. The van der Waals surface area contributed by atoms with Gasteiger partial charge >= 0.3 is 0 Å². The van der Waals surface area contributed by atoms with Gasteiger partial charge in [0.1, 0.15) is 23.9 Å². The van der Waals surface area contributed by atoms with E-state index in [2.05, 4.69) is 5.32 Å². The Hall–Kier alpha value is -3.99. The molecule has 0 aliphatic heterocycles. The third-order valence-corrected chi connectivity index (χ3v) is 7.52. The molecule has 0 heterocycles. The van der Waals surface area contributed by atoms with Crippen molar-refractivity contribution in [3.63, 3.8) is 0 Å². The predicted octanol–water partition coefficient (Wildman–Crippen LogP) is 3.80. The van der Waals surface area contributed by atoms with Gasteiger partial charge in [-0.3, -0.25) is 9.10 Å². The zero-order valence-corrected chi connectivity index (χ0v) is 22.5. The van der Waals surface area contributed by atoms with Crippen LogP contribution in [0.15, 0.2) is 65.6 Å². The number of sulfonamides is 1. The SMILES string of the molecule is COc1ccc(OC)c(N(CC(=O)NCCCc2ccc(F)cc2)S(=O)(=O)c2ccc(OC)c(OC)c2)c1. The van der Waals surface area contributed by atoms with Crippen LogP contribution in [-0.2, 0) is 21.2 Å². The Morgan fingerprint density at radius 1 is 0.842 bits per heavy atom. The number of rotatable bonds is 13. The van der Waals surface area contributed by atoms with E-state index in [0.29, 0.717) is 30.9 Å². The van der Waals surface area contributed by atoms with Gasteiger partial charge in [0.15, 0.2) is 11.5 Å². The summed E-state index contributed by atoms with van der Waals surface area (Å²) in [5, 5.41) is 2.76. The van der Waals surface area contributed by atoms with Gasteiger partial charge in [-0.2, -0.15) is 0 Å². The highest BCUT2D eigenvalue weighted by molar-refractivity contribution is 7.92. The van der Waals surface area contributed by atoms with Crippen LogP contribution < -0.4 is 28.6 Å². The summed E-state index contributed by atoms with van der Waals surface area (Å²) >= 11 is 0. The lowest BCUT2D eigenvalue weighted by atomic mass is 10.1. The maximum atomic E-state index is 13.9. The Morgan fingerprint density at radius 3 is 2.13 bits per heavy atom. The van der Waals surface area contributed by atoms with Gasteiger partial charge < -0.3 is 24.3 Å². The molecule has 0 aliphatic rings. The second-order valence-corrected chi connectivity index (χ2v) is 10.0. The van der Waals surface area contributed by atoms with Crippen LogP contribution in [0.25, 0.3) is 0 Å². The van der Waals surface area contributed by atoms with Gasteiger partial charge in [-0.15, -0.1) is 0 Å². The molecule has 0 bridgehead atoms. The van der Waals surface area contributed by atoms with Gasteiger partial charge in [0.05, 0.1) is 39.0 Å². The number of methoxy groups -OCH3 is 4. The number of aryl methyl sites for hydroxylation is 1. The molecule has 3 aromatic rings. The maximum absolute atomic E-state index is 13.9. The first-order chi connectivity index (χ1) is 18.2. The van der Waals surface area contributed by atoms with Crippen molar-refractivity contribution in [3.8, 4) is 23.0 Å². The highest BCUT2D eigenvalue weighted by Crippen LogP contribution is 2.37. The molecule has 204 valence electrons. The van der Waals surface area contributed by atoms with Crippen LogP contribution in [0.5, 0.6) is 23.0 Å². The Labute approximate surface area is 222 Å². The third kappa shape index (κ3) is 6.86. The minimum absolute atomic E-state index is 0.107. The van der Waals surface area contributed by atoms with Gasteiger partial charge in [-0.25, -0.2) is 12.8 Å². The predicted molar refractivity (Wildman–Crippen MR) is 141 cm³/mol. The van der Waals surface area contributed by atoms with Crippen LogP contribution in [0.3, 0.4) is 0 Å². The molecule has 3 rings (SSSR count). The van der Waals surface area contributed by atoms with Crippen LogP contribution in [0.2, 0.25) is 0 Å². The van der Waals surface area contributed by atoms with Crippen LogP contribution in [-0.4, -0.2) is 55.9 Å². The molecule has 0 fully saturated rings. The van der Waals surface area contributed by atoms with Crippen LogP contribution >= 0.6 is 0 Å². The molecule has 11 heteroatoms. The van der Waals surface area contributed by atoms with E-state index in [1.165, 1.54) is 64.8 Å². The Balaban J connectivity index is 1.88. The lowest BCUT2D eigenvalue weighted by Gasteiger charge is -2.26. The van der Waals surface area contributed by atoms with E-state index < -0.39 is 22.5 Å². The van der Waals surface area contributed by atoms with Gasteiger partial charge in [0, 0.05) is 18.7 Å². The molecule has 3 aromatic carbocycles. The van der Waals surface area contributed by atoms with E-state index in [1.807, 2.05) is 0 Å². The molecule has 0 radical (unpaired) electrons. The summed E-state index contributed by atoms with van der Waals surface area (Å²) in [6.07, 6.45) is 1.21. The fraction of sp³-hybridized carbons (Fsp3) is 0.296.